The third-order valence-electron chi connectivity index (χ3n) is 4.11. The predicted molar refractivity (Wildman–Crippen MR) is 98.3 cm³/mol. The van der Waals surface area contributed by atoms with E-state index in [0.717, 1.165) is 10.6 Å². The van der Waals surface area contributed by atoms with Gasteiger partial charge in [-0.3, -0.25) is 14.5 Å². The van der Waals surface area contributed by atoms with Gasteiger partial charge in [-0.15, -0.1) is 11.3 Å². The van der Waals surface area contributed by atoms with Crippen molar-refractivity contribution in [3.63, 3.8) is 0 Å². The fraction of sp³-hybridized carbons (Fsp3) is 0.333. The number of carbonyl (C=O) groups excluding carboxylic acids is 2. The molecule has 132 valence electrons. The standard InChI is InChI=1S/C18H21N3O3S/c1-24-15-5-2-4-14(12-15)19-17(22)13-20-7-9-21(10-8-20)18(23)16-6-3-11-25-16/h2-6,11-12H,7-10,13H2,1H3,(H,19,22). The van der Waals surface area contributed by atoms with Crippen LogP contribution in [0.15, 0.2) is 41.8 Å². The van der Waals surface area contributed by atoms with Gasteiger partial charge >= 0.3 is 0 Å². The zero-order chi connectivity index (χ0) is 17.6. The topological polar surface area (TPSA) is 61.9 Å². The lowest BCUT2D eigenvalue weighted by molar-refractivity contribution is -0.117. The van der Waals surface area contributed by atoms with E-state index in [2.05, 4.69) is 10.2 Å². The molecule has 0 spiro atoms. The van der Waals surface area contributed by atoms with Gasteiger partial charge in [0.15, 0.2) is 0 Å². The normalized spacial score (nSPS) is 15.0. The summed E-state index contributed by atoms with van der Waals surface area (Å²) in [6.07, 6.45) is 0. The van der Waals surface area contributed by atoms with E-state index in [1.807, 2.05) is 40.6 Å². The Kier molecular flexibility index (Phi) is 5.67. The van der Waals surface area contributed by atoms with Crippen LogP contribution in [-0.4, -0.2) is 61.4 Å². The highest BCUT2D eigenvalue weighted by Gasteiger charge is 2.23. The van der Waals surface area contributed by atoms with Crippen LogP contribution in [0.2, 0.25) is 0 Å². The minimum absolute atomic E-state index is 0.0636. The highest BCUT2D eigenvalue weighted by molar-refractivity contribution is 7.12. The number of nitrogens with zero attached hydrogens (tertiary/aromatic N) is 2. The molecule has 0 aliphatic carbocycles. The van der Waals surface area contributed by atoms with Gasteiger partial charge in [-0.1, -0.05) is 12.1 Å². The lowest BCUT2D eigenvalue weighted by Gasteiger charge is -2.34. The molecular weight excluding hydrogens is 338 g/mol. The SMILES string of the molecule is COc1cccc(NC(=O)CN2CCN(C(=O)c3cccs3)CC2)c1. The highest BCUT2D eigenvalue weighted by atomic mass is 32.1. The summed E-state index contributed by atoms with van der Waals surface area (Å²) in [7, 11) is 1.60. The number of amides is 2. The average molecular weight is 359 g/mol. The molecule has 2 amide bonds. The maximum absolute atomic E-state index is 12.3. The number of ether oxygens (including phenoxy) is 1. The molecule has 6 nitrogen and oxygen atoms in total. The molecule has 1 saturated heterocycles. The fourth-order valence-electron chi connectivity index (χ4n) is 2.77. The number of nitrogens with one attached hydrogen (secondary N) is 1. The largest absolute Gasteiger partial charge is 0.497 e. The first-order valence-corrected chi connectivity index (χ1v) is 9.03. The summed E-state index contributed by atoms with van der Waals surface area (Å²) in [5.74, 6) is 0.722. The number of thiophene rings is 1. The minimum atomic E-state index is -0.0636. The van der Waals surface area contributed by atoms with Crippen molar-refractivity contribution in [3.05, 3.63) is 46.7 Å². The molecule has 0 radical (unpaired) electrons. The summed E-state index contributed by atoms with van der Waals surface area (Å²) >= 11 is 1.46. The first-order valence-electron chi connectivity index (χ1n) is 8.15. The third-order valence-corrected chi connectivity index (χ3v) is 4.97. The molecule has 0 bridgehead atoms. The van der Waals surface area contributed by atoms with Gasteiger partial charge in [0.25, 0.3) is 5.91 Å². The Labute approximate surface area is 151 Å². The Morgan fingerprint density at radius 2 is 1.96 bits per heavy atom. The van der Waals surface area contributed by atoms with E-state index in [1.54, 1.807) is 13.2 Å². The third kappa shape index (κ3) is 4.58. The summed E-state index contributed by atoms with van der Waals surface area (Å²) < 4.78 is 5.15. The van der Waals surface area contributed by atoms with Crippen molar-refractivity contribution in [2.24, 2.45) is 0 Å². The lowest BCUT2D eigenvalue weighted by Crippen LogP contribution is -2.50. The van der Waals surface area contributed by atoms with E-state index in [0.29, 0.717) is 38.5 Å². The van der Waals surface area contributed by atoms with E-state index in [9.17, 15) is 9.59 Å². The van der Waals surface area contributed by atoms with Crippen LogP contribution < -0.4 is 10.1 Å². The van der Waals surface area contributed by atoms with Gasteiger partial charge in [0.1, 0.15) is 5.75 Å². The van der Waals surface area contributed by atoms with E-state index < -0.39 is 0 Å². The minimum Gasteiger partial charge on any atom is -0.497 e. The van der Waals surface area contributed by atoms with Crippen LogP contribution >= 0.6 is 11.3 Å². The predicted octanol–water partition coefficient (Wildman–Crippen LogP) is 2.15. The number of carbonyl (C=O) groups is 2. The summed E-state index contributed by atoms with van der Waals surface area (Å²) in [5.41, 5.74) is 0.718. The summed E-state index contributed by atoms with van der Waals surface area (Å²) in [5, 5.41) is 4.79. The molecule has 1 N–H and O–H groups in total. The highest BCUT2D eigenvalue weighted by Crippen LogP contribution is 2.17. The Balaban J connectivity index is 1.47. The van der Waals surface area contributed by atoms with Crippen molar-refractivity contribution in [1.29, 1.82) is 0 Å². The van der Waals surface area contributed by atoms with E-state index in [1.165, 1.54) is 11.3 Å². The van der Waals surface area contributed by atoms with Gasteiger partial charge < -0.3 is 15.0 Å². The number of methoxy groups -OCH3 is 1. The maximum atomic E-state index is 12.3. The van der Waals surface area contributed by atoms with E-state index >= 15 is 0 Å². The Hall–Kier alpha value is -2.38. The fourth-order valence-corrected chi connectivity index (χ4v) is 3.46. The molecule has 0 unspecified atom stereocenters. The van der Waals surface area contributed by atoms with Crippen molar-refractivity contribution in [2.45, 2.75) is 0 Å². The molecule has 7 heteroatoms. The molecule has 0 atom stereocenters. The van der Waals surface area contributed by atoms with Crippen LogP contribution in [-0.2, 0) is 4.79 Å². The number of hydrogen-bond acceptors (Lipinski definition) is 5. The molecule has 1 aromatic heterocycles. The maximum Gasteiger partial charge on any atom is 0.264 e. The van der Waals surface area contributed by atoms with Gasteiger partial charge in [0, 0.05) is 37.9 Å². The monoisotopic (exact) mass is 359 g/mol. The van der Waals surface area contributed by atoms with Crippen LogP contribution in [0, 0.1) is 0 Å². The van der Waals surface area contributed by atoms with Gasteiger partial charge in [-0.25, -0.2) is 0 Å². The molecule has 1 aromatic carbocycles. The van der Waals surface area contributed by atoms with Gasteiger partial charge in [0.05, 0.1) is 18.5 Å². The van der Waals surface area contributed by atoms with Crippen molar-refractivity contribution in [2.75, 3.05) is 45.2 Å². The summed E-state index contributed by atoms with van der Waals surface area (Å²) in [4.78, 5) is 29.2. The summed E-state index contributed by atoms with van der Waals surface area (Å²) in [6, 6.07) is 11.0. The Morgan fingerprint density at radius 3 is 2.64 bits per heavy atom. The second-order valence-electron chi connectivity index (χ2n) is 5.83. The first kappa shape index (κ1) is 17.4. The molecular formula is C18H21N3O3S. The molecule has 1 fully saturated rings. The van der Waals surface area contributed by atoms with Crippen molar-refractivity contribution in [1.82, 2.24) is 9.80 Å². The average Bonchev–Trinajstić information content (AvgIpc) is 3.16. The van der Waals surface area contributed by atoms with Gasteiger partial charge in [-0.05, 0) is 23.6 Å². The van der Waals surface area contributed by atoms with E-state index in [-0.39, 0.29) is 11.8 Å². The van der Waals surface area contributed by atoms with Gasteiger partial charge in [-0.2, -0.15) is 0 Å². The van der Waals surface area contributed by atoms with Crippen molar-refractivity contribution >= 4 is 28.8 Å². The zero-order valence-electron chi connectivity index (χ0n) is 14.1. The summed E-state index contributed by atoms with van der Waals surface area (Å²) in [6.45, 7) is 3.00. The molecule has 2 aromatic rings. The zero-order valence-corrected chi connectivity index (χ0v) is 14.9. The van der Waals surface area contributed by atoms with Crippen molar-refractivity contribution < 1.29 is 14.3 Å². The Bertz CT molecular complexity index is 725. The smallest absolute Gasteiger partial charge is 0.264 e. The second kappa shape index (κ2) is 8.13. The van der Waals surface area contributed by atoms with E-state index in [4.69, 9.17) is 4.74 Å². The molecule has 25 heavy (non-hydrogen) atoms. The second-order valence-corrected chi connectivity index (χ2v) is 6.77. The molecule has 1 aliphatic rings. The number of rotatable bonds is 5. The first-order chi connectivity index (χ1) is 12.2. The quantitative estimate of drug-likeness (QED) is 0.889. The Morgan fingerprint density at radius 1 is 1.16 bits per heavy atom. The van der Waals surface area contributed by atoms with Crippen LogP contribution in [0.3, 0.4) is 0 Å². The van der Waals surface area contributed by atoms with Crippen molar-refractivity contribution in [3.8, 4) is 5.75 Å². The molecule has 1 aliphatic heterocycles. The number of benzene rings is 1. The number of hydrogen-bond donors (Lipinski definition) is 1. The van der Waals surface area contributed by atoms with Crippen LogP contribution in [0.4, 0.5) is 5.69 Å². The number of anilines is 1. The molecule has 2 heterocycles. The van der Waals surface area contributed by atoms with Crippen LogP contribution in [0.25, 0.3) is 0 Å². The van der Waals surface area contributed by atoms with Gasteiger partial charge in [0.2, 0.25) is 5.91 Å². The number of piperazine rings is 1. The van der Waals surface area contributed by atoms with Crippen LogP contribution in [0.5, 0.6) is 5.75 Å². The lowest BCUT2D eigenvalue weighted by atomic mass is 10.2. The molecule has 3 rings (SSSR count). The van der Waals surface area contributed by atoms with Crippen LogP contribution in [0.1, 0.15) is 9.67 Å². The molecule has 0 saturated carbocycles.